The highest BCUT2D eigenvalue weighted by molar-refractivity contribution is 5.98. The van der Waals surface area contributed by atoms with E-state index >= 15 is 0 Å². The van der Waals surface area contributed by atoms with Crippen LogP contribution in [0.3, 0.4) is 0 Å². The topological polar surface area (TPSA) is 55.7 Å². The molecule has 0 atom stereocenters. The van der Waals surface area contributed by atoms with Crippen molar-refractivity contribution >= 4 is 5.78 Å². The number of hydrogen-bond donors (Lipinski definition) is 0. The van der Waals surface area contributed by atoms with Crippen LogP contribution >= 0.6 is 0 Å². The number of ketones is 1. The molecular formula is C27H27N3O. The number of fused-ring (bicyclic) bond motifs is 7. The van der Waals surface area contributed by atoms with Crippen molar-refractivity contribution in [3.05, 3.63) is 63.6 Å². The molecule has 31 heavy (non-hydrogen) atoms. The molecule has 0 amide bonds. The number of aromatic nitrogens is 3. The first-order chi connectivity index (χ1) is 14.9. The Labute approximate surface area is 183 Å². The summed E-state index contributed by atoms with van der Waals surface area (Å²) in [5.41, 5.74) is 12.2. The molecule has 0 fully saturated rings. The van der Waals surface area contributed by atoms with Crippen molar-refractivity contribution in [1.29, 1.82) is 0 Å². The predicted octanol–water partition coefficient (Wildman–Crippen LogP) is 5.22. The summed E-state index contributed by atoms with van der Waals surface area (Å²) in [5.74, 6) is 0.253. The summed E-state index contributed by atoms with van der Waals surface area (Å²) in [7, 11) is 0. The number of carbonyl (C=O) groups excluding carboxylic acids is 1. The molecule has 3 heterocycles. The van der Waals surface area contributed by atoms with Gasteiger partial charge in [-0.2, -0.15) is 0 Å². The fraction of sp³-hybridized carbons (Fsp3) is 0.407. The van der Waals surface area contributed by atoms with Crippen LogP contribution in [0.4, 0.5) is 0 Å². The lowest BCUT2D eigenvalue weighted by molar-refractivity contribution is 0.0971. The average molecular weight is 410 g/mol. The molecule has 0 radical (unpaired) electrons. The van der Waals surface area contributed by atoms with Crippen LogP contribution in [-0.4, -0.2) is 20.7 Å². The summed E-state index contributed by atoms with van der Waals surface area (Å²) < 4.78 is 0. The Balaban J connectivity index is 1.50. The molecule has 3 aliphatic carbocycles. The maximum absolute atomic E-state index is 12.4. The molecule has 3 aromatic heterocycles. The molecule has 4 nitrogen and oxygen atoms in total. The van der Waals surface area contributed by atoms with Gasteiger partial charge in [-0.15, -0.1) is 0 Å². The number of nitrogens with zero attached hydrogens (tertiary/aromatic N) is 3. The Morgan fingerprint density at radius 3 is 2.16 bits per heavy atom. The van der Waals surface area contributed by atoms with Gasteiger partial charge in [-0.3, -0.25) is 19.7 Å². The van der Waals surface area contributed by atoms with Gasteiger partial charge in [0.1, 0.15) is 0 Å². The van der Waals surface area contributed by atoms with Crippen molar-refractivity contribution in [3.8, 4) is 22.6 Å². The Morgan fingerprint density at radius 1 is 0.677 bits per heavy atom. The Kier molecular flexibility index (Phi) is 3.99. The molecule has 0 spiro atoms. The van der Waals surface area contributed by atoms with E-state index in [2.05, 4.69) is 45.0 Å². The van der Waals surface area contributed by atoms with Gasteiger partial charge >= 0.3 is 0 Å². The third-order valence-corrected chi connectivity index (χ3v) is 7.00. The van der Waals surface area contributed by atoms with Crippen molar-refractivity contribution in [1.82, 2.24) is 15.0 Å². The number of carbonyl (C=O) groups is 1. The zero-order valence-corrected chi connectivity index (χ0v) is 18.5. The van der Waals surface area contributed by atoms with Gasteiger partial charge in [-0.1, -0.05) is 26.8 Å². The summed E-state index contributed by atoms with van der Waals surface area (Å²) in [4.78, 5) is 27.6. The molecule has 156 valence electrons. The first-order valence-electron chi connectivity index (χ1n) is 11.5. The second kappa shape index (κ2) is 6.56. The Hall–Kier alpha value is -2.88. The second-order valence-corrected chi connectivity index (χ2v) is 10.2. The minimum absolute atomic E-state index is 0.0141. The van der Waals surface area contributed by atoms with Crippen LogP contribution in [0.5, 0.6) is 0 Å². The molecule has 0 unspecified atom stereocenters. The van der Waals surface area contributed by atoms with Crippen LogP contribution in [0.25, 0.3) is 22.6 Å². The van der Waals surface area contributed by atoms with Gasteiger partial charge in [0, 0.05) is 28.7 Å². The standard InChI is InChI=1S/C27H27N3O/c1-27(2,3)23-12-10-15-7-8-17-14-19-21(29-26(17)25(15)30-23)11-9-16-13-18-20(28-24(16)19)5-4-6-22(18)31/h10,12-14H,4-9,11H2,1-3H3. The normalized spacial score (nSPS) is 16.7. The zero-order chi connectivity index (χ0) is 21.3. The van der Waals surface area contributed by atoms with Crippen molar-refractivity contribution in [2.45, 2.75) is 71.1 Å². The highest BCUT2D eigenvalue weighted by atomic mass is 16.1. The van der Waals surface area contributed by atoms with E-state index in [4.69, 9.17) is 15.0 Å². The molecule has 0 N–H and O–H groups in total. The Bertz CT molecular complexity index is 1270. The van der Waals surface area contributed by atoms with Gasteiger partial charge in [0.05, 0.1) is 28.5 Å². The van der Waals surface area contributed by atoms with Crippen molar-refractivity contribution in [2.24, 2.45) is 0 Å². The molecule has 0 saturated carbocycles. The fourth-order valence-electron chi connectivity index (χ4n) is 5.22. The lowest BCUT2D eigenvalue weighted by atomic mass is 9.84. The lowest BCUT2D eigenvalue weighted by Crippen LogP contribution is -2.19. The van der Waals surface area contributed by atoms with Crippen LogP contribution in [-0.2, 0) is 37.5 Å². The maximum atomic E-state index is 12.4. The van der Waals surface area contributed by atoms with Crippen LogP contribution in [0.15, 0.2) is 24.3 Å². The minimum atomic E-state index is 0.0141. The largest absolute Gasteiger partial charge is 0.294 e. The van der Waals surface area contributed by atoms with Crippen LogP contribution in [0.2, 0.25) is 0 Å². The number of rotatable bonds is 0. The SMILES string of the molecule is CC(C)(C)c1ccc2c(n1)-c1nc3c(cc1CC2)-c1nc2c(cc1CC3)C(=O)CCC2. The van der Waals surface area contributed by atoms with E-state index in [0.717, 1.165) is 83.8 Å². The smallest absolute Gasteiger partial charge is 0.164 e. The zero-order valence-electron chi connectivity index (χ0n) is 18.5. The highest BCUT2D eigenvalue weighted by Gasteiger charge is 2.29. The van der Waals surface area contributed by atoms with Gasteiger partial charge in [0.25, 0.3) is 0 Å². The van der Waals surface area contributed by atoms with E-state index in [1.54, 1.807) is 0 Å². The van der Waals surface area contributed by atoms with Crippen molar-refractivity contribution < 1.29 is 4.79 Å². The molecule has 3 aliphatic rings. The van der Waals surface area contributed by atoms with Crippen LogP contribution in [0, 0.1) is 0 Å². The number of Topliss-reactive ketones (excluding diaryl/α,β-unsaturated/α-hetero) is 1. The van der Waals surface area contributed by atoms with Gasteiger partial charge in [0.2, 0.25) is 0 Å². The third kappa shape index (κ3) is 2.95. The summed E-state index contributed by atoms with van der Waals surface area (Å²) in [6.07, 6.45) is 6.22. The molecule has 0 aliphatic heterocycles. The van der Waals surface area contributed by atoms with Crippen LogP contribution < -0.4 is 0 Å². The molecule has 6 rings (SSSR count). The fourth-order valence-corrected chi connectivity index (χ4v) is 5.22. The van der Waals surface area contributed by atoms with Gasteiger partial charge < -0.3 is 0 Å². The van der Waals surface area contributed by atoms with Gasteiger partial charge in [0.15, 0.2) is 5.78 Å². The van der Waals surface area contributed by atoms with E-state index in [9.17, 15) is 4.79 Å². The molecule has 4 heteroatoms. The third-order valence-electron chi connectivity index (χ3n) is 7.00. The van der Waals surface area contributed by atoms with E-state index in [1.165, 1.54) is 16.7 Å². The predicted molar refractivity (Wildman–Crippen MR) is 121 cm³/mol. The summed E-state index contributed by atoms with van der Waals surface area (Å²) in [6.45, 7) is 6.62. The first kappa shape index (κ1) is 18.9. The number of pyridine rings is 3. The van der Waals surface area contributed by atoms with E-state index in [-0.39, 0.29) is 11.2 Å². The molecule has 3 aromatic rings. The molecular weight excluding hydrogens is 382 g/mol. The molecule has 0 bridgehead atoms. The van der Waals surface area contributed by atoms with E-state index < -0.39 is 0 Å². The van der Waals surface area contributed by atoms with Crippen LogP contribution in [0.1, 0.15) is 77.7 Å². The minimum Gasteiger partial charge on any atom is -0.294 e. The second-order valence-electron chi connectivity index (χ2n) is 10.2. The summed E-state index contributed by atoms with van der Waals surface area (Å²) in [6, 6.07) is 8.85. The number of aryl methyl sites for hydroxylation is 5. The van der Waals surface area contributed by atoms with E-state index in [0.29, 0.717) is 6.42 Å². The first-order valence-corrected chi connectivity index (χ1v) is 11.5. The van der Waals surface area contributed by atoms with Gasteiger partial charge in [-0.25, -0.2) is 0 Å². The average Bonchev–Trinajstić information content (AvgIpc) is 2.76. The maximum Gasteiger partial charge on any atom is 0.164 e. The highest BCUT2D eigenvalue weighted by Crippen LogP contribution is 2.39. The summed E-state index contributed by atoms with van der Waals surface area (Å²) in [5, 5.41) is 0. The van der Waals surface area contributed by atoms with E-state index in [1.807, 2.05) is 0 Å². The molecule has 0 aromatic carbocycles. The lowest BCUT2D eigenvalue weighted by Gasteiger charge is -2.27. The van der Waals surface area contributed by atoms with Crippen molar-refractivity contribution in [3.63, 3.8) is 0 Å². The number of hydrogen-bond acceptors (Lipinski definition) is 4. The quantitative estimate of drug-likeness (QED) is 0.511. The monoisotopic (exact) mass is 409 g/mol. The van der Waals surface area contributed by atoms with Gasteiger partial charge in [-0.05, 0) is 73.4 Å². The Morgan fingerprint density at radius 2 is 1.32 bits per heavy atom. The summed E-state index contributed by atoms with van der Waals surface area (Å²) >= 11 is 0. The van der Waals surface area contributed by atoms with Crippen molar-refractivity contribution in [2.75, 3.05) is 0 Å². The molecule has 0 saturated heterocycles.